The van der Waals surface area contributed by atoms with Crippen LogP contribution in [0.1, 0.15) is 62.4 Å². The fourth-order valence-electron chi connectivity index (χ4n) is 5.23. The molecule has 2 aliphatic carbocycles. The van der Waals surface area contributed by atoms with Crippen molar-refractivity contribution in [3.05, 3.63) is 51.6 Å². The van der Waals surface area contributed by atoms with Gasteiger partial charge in [-0.15, -0.1) is 0 Å². The number of fused-ring (bicyclic) bond motifs is 3. The van der Waals surface area contributed by atoms with Crippen molar-refractivity contribution in [2.75, 3.05) is 27.4 Å². The van der Waals surface area contributed by atoms with E-state index in [0.717, 1.165) is 0 Å². The number of rotatable bonds is 9. The largest absolute Gasteiger partial charge is 0.507 e. The standard InChI is InChI=1S/C27H31NO11/c1-11(37-2)22(31)14(28)10-39-16-8-27(36,17(30)9-29)7-13-19(16)26(35)21-20(24(13)33)23(32)12-5-4-6-15(38-3)18(12)25(21)34/h4-6,11,14,16,22,29,31,33,35-36H,7-10,28H2,1-3H3/t11?,14?,16-,22?,27-/m0/s1. The molecular weight excluding hydrogens is 514 g/mol. The molecule has 4 rings (SSSR count). The highest BCUT2D eigenvalue weighted by atomic mass is 16.5. The highest BCUT2D eigenvalue weighted by Crippen LogP contribution is 2.52. The first kappa shape index (κ1) is 28.6. The van der Waals surface area contributed by atoms with Crippen LogP contribution in [0, 0.1) is 0 Å². The van der Waals surface area contributed by atoms with Gasteiger partial charge in [-0.2, -0.15) is 0 Å². The molecule has 7 N–H and O–H groups in total. The Hall–Kier alpha value is -3.39. The molecule has 0 amide bonds. The third kappa shape index (κ3) is 4.58. The Bertz CT molecular complexity index is 1340. The number of aliphatic hydroxyl groups is 3. The van der Waals surface area contributed by atoms with Crippen LogP contribution in [0.5, 0.6) is 17.2 Å². The fraction of sp³-hybridized carbons (Fsp3) is 0.444. The van der Waals surface area contributed by atoms with Crippen LogP contribution in [-0.2, 0) is 20.7 Å². The van der Waals surface area contributed by atoms with E-state index in [9.17, 15) is 39.9 Å². The SMILES string of the molecule is COc1cccc2c1C(=O)c1c(O)c3c(c(O)c1C2=O)C[C@@](O)(C(=O)CO)C[C@@H]3OCC(N)C(O)C(C)OC. The van der Waals surface area contributed by atoms with Gasteiger partial charge in [-0.1, -0.05) is 12.1 Å². The third-order valence-electron chi connectivity index (χ3n) is 7.52. The number of ketones is 3. The fourth-order valence-corrected chi connectivity index (χ4v) is 5.23. The summed E-state index contributed by atoms with van der Waals surface area (Å²) in [6.45, 7) is 0.220. The van der Waals surface area contributed by atoms with Crippen molar-refractivity contribution in [2.45, 2.75) is 49.7 Å². The first-order valence-corrected chi connectivity index (χ1v) is 12.2. The lowest BCUT2D eigenvalue weighted by Gasteiger charge is -2.39. The van der Waals surface area contributed by atoms with Crippen molar-refractivity contribution in [1.29, 1.82) is 0 Å². The Morgan fingerprint density at radius 2 is 1.79 bits per heavy atom. The normalized spacial score (nSPS) is 22.4. The molecule has 0 radical (unpaired) electrons. The summed E-state index contributed by atoms with van der Waals surface area (Å²) in [5.74, 6) is -3.81. The van der Waals surface area contributed by atoms with Gasteiger partial charge in [-0.25, -0.2) is 0 Å². The Kier molecular flexibility index (Phi) is 7.81. The van der Waals surface area contributed by atoms with E-state index in [2.05, 4.69) is 0 Å². The zero-order valence-corrected chi connectivity index (χ0v) is 21.6. The Morgan fingerprint density at radius 3 is 2.41 bits per heavy atom. The van der Waals surface area contributed by atoms with Crippen LogP contribution in [0.3, 0.4) is 0 Å². The van der Waals surface area contributed by atoms with Crippen molar-refractivity contribution >= 4 is 17.3 Å². The van der Waals surface area contributed by atoms with Crippen LogP contribution in [0.4, 0.5) is 0 Å². The van der Waals surface area contributed by atoms with Crippen molar-refractivity contribution in [3.8, 4) is 17.2 Å². The van der Waals surface area contributed by atoms with Gasteiger partial charge < -0.3 is 45.5 Å². The van der Waals surface area contributed by atoms with E-state index in [1.165, 1.54) is 32.4 Å². The molecule has 0 fully saturated rings. The molecule has 3 unspecified atom stereocenters. The summed E-state index contributed by atoms with van der Waals surface area (Å²) >= 11 is 0. The van der Waals surface area contributed by atoms with Crippen LogP contribution in [0.15, 0.2) is 18.2 Å². The van der Waals surface area contributed by atoms with Gasteiger partial charge in [-0.3, -0.25) is 14.4 Å². The van der Waals surface area contributed by atoms with Gasteiger partial charge in [0.05, 0.1) is 54.8 Å². The lowest BCUT2D eigenvalue weighted by atomic mass is 9.72. The van der Waals surface area contributed by atoms with E-state index in [0.29, 0.717) is 0 Å². The van der Waals surface area contributed by atoms with E-state index >= 15 is 0 Å². The number of phenols is 2. The lowest BCUT2D eigenvalue weighted by Crippen LogP contribution is -2.49. The minimum absolute atomic E-state index is 0.0565. The number of aromatic hydroxyl groups is 2. The van der Waals surface area contributed by atoms with Crippen molar-refractivity contribution in [3.63, 3.8) is 0 Å². The monoisotopic (exact) mass is 545 g/mol. The van der Waals surface area contributed by atoms with E-state index in [1.54, 1.807) is 6.92 Å². The number of carbonyl (C=O) groups is 3. The van der Waals surface area contributed by atoms with E-state index in [-0.39, 0.29) is 34.6 Å². The molecule has 12 heteroatoms. The molecule has 0 bridgehead atoms. The van der Waals surface area contributed by atoms with Gasteiger partial charge in [-0.05, 0) is 13.0 Å². The smallest absolute Gasteiger partial charge is 0.202 e. The summed E-state index contributed by atoms with van der Waals surface area (Å²) in [6.07, 6.45) is -4.20. The number of hydrogen-bond donors (Lipinski definition) is 6. The lowest BCUT2D eigenvalue weighted by molar-refractivity contribution is -0.147. The van der Waals surface area contributed by atoms with Crippen molar-refractivity contribution in [2.24, 2.45) is 5.73 Å². The number of ether oxygens (including phenoxy) is 3. The molecule has 39 heavy (non-hydrogen) atoms. The number of nitrogens with two attached hydrogens (primary N) is 1. The summed E-state index contributed by atoms with van der Waals surface area (Å²) in [5.41, 5.74) is 2.37. The topological polar surface area (TPSA) is 206 Å². The quantitative estimate of drug-likeness (QED) is 0.195. The molecule has 2 aromatic rings. The second-order valence-electron chi connectivity index (χ2n) is 9.79. The number of carbonyl (C=O) groups excluding carboxylic acids is 3. The van der Waals surface area contributed by atoms with E-state index < -0.39 is 89.4 Å². The minimum Gasteiger partial charge on any atom is -0.507 e. The Morgan fingerprint density at radius 1 is 1.13 bits per heavy atom. The van der Waals surface area contributed by atoms with Gasteiger partial charge in [0.1, 0.15) is 29.5 Å². The zero-order chi connectivity index (χ0) is 28.8. The van der Waals surface area contributed by atoms with Gasteiger partial charge in [0.2, 0.25) is 5.78 Å². The number of aliphatic hydroxyl groups excluding tert-OH is 2. The maximum absolute atomic E-state index is 13.6. The van der Waals surface area contributed by atoms with E-state index in [4.69, 9.17) is 19.9 Å². The Labute approximate surface area is 223 Å². The summed E-state index contributed by atoms with van der Waals surface area (Å²) in [4.78, 5) is 39.6. The molecule has 2 aliphatic rings. The predicted molar refractivity (Wildman–Crippen MR) is 134 cm³/mol. The first-order chi connectivity index (χ1) is 18.4. The van der Waals surface area contributed by atoms with Crippen molar-refractivity contribution < 1.29 is 54.1 Å². The van der Waals surface area contributed by atoms with Crippen LogP contribution in [-0.4, -0.2) is 94.2 Å². The first-order valence-electron chi connectivity index (χ1n) is 12.2. The average Bonchev–Trinajstić information content (AvgIpc) is 2.94. The van der Waals surface area contributed by atoms with Gasteiger partial charge >= 0.3 is 0 Å². The highest BCUT2D eigenvalue weighted by Gasteiger charge is 2.49. The van der Waals surface area contributed by atoms with Gasteiger partial charge in [0.25, 0.3) is 0 Å². The van der Waals surface area contributed by atoms with Gasteiger partial charge in [0.15, 0.2) is 11.6 Å². The maximum Gasteiger partial charge on any atom is 0.202 e. The summed E-state index contributed by atoms with van der Waals surface area (Å²) in [6, 6.07) is 3.35. The molecule has 0 aromatic heterocycles. The molecule has 0 aliphatic heterocycles. The summed E-state index contributed by atoms with van der Waals surface area (Å²) in [7, 11) is 2.70. The molecular formula is C27H31NO11. The van der Waals surface area contributed by atoms with Crippen LogP contribution >= 0.6 is 0 Å². The number of hydrogen-bond acceptors (Lipinski definition) is 12. The molecule has 2 aromatic carbocycles. The predicted octanol–water partition coefficient (Wildman–Crippen LogP) is -0.0987. The highest BCUT2D eigenvalue weighted by molar-refractivity contribution is 6.31. The van der Waals surface area contributed by atoms with E-state index in [1.807, 2.05) is 0 Å². The number of phenolic OH excluding ortho intramolecular Hbond substituents is 2. The molecule has 0 spiro atoms. The third-order valence-corrected chi connectivity index (χ3v) is 7.52. The second-order valence-corrected chi connectivity index (χ2v) is 9.79. The molecule has 0 saturated heterocycles. The number of Topliss-reactive ketones (excluding diaryl/α,β-unsaturated/α-hetero) is 1. The van der Waals surface area contributed by atoms with Crippen molar-refractivity contribution in [1.82, 2.24) is 0 Å². The Balaban J connectivity index is 1.87. The zero-order valence-electron chi connectivity index (χ0n) is 21.6. The number of methoxy groups -OCH3 is 2. The summed E-state index contributed by atoms with van der Waals surface area (Å²) in [5, 5.41) is 53.7. The van der Waals surface area contributed by atoms with Gasteiger partial charge in [0, 0.05) is 36.6 Å². The minimum atomic E-state index is -2.24. The molecule has 5 atom stereocenters. The van der Waals surface area contributed by atoms with Crippen LogP contribution in [0.25, 0.3) is 0 Å². The van der Waals surface area contributed by atoms with Crippen LogP contribution < -0.4 is 10.5 Å². The average molecular weight is 546 g/mol. The molecule has 12 nitrogen and oxygen atoms in total. The molecule has 0 saturated carbocycles. The maximum atomic E-state index is 13.6. The van der Waals surface area contributed by atoms with Crippen LogP contribution in [0.2, 0.25) is 0 Å². The summed E-state index contributed by atoms with van der Waals surface area (Å²) < 4.78 is 16.2. The second kappa shape index (κ2) is 10.6. The molecule has 210 valence electrons. The number of benzene rings is 2. The molecule has 0 heterocycles.